The highest BCUT2D eigenvalue weighted by atomic mass is 32.2. The van der Waals surface area contributed by atoms with E-state index in [1.165, 1.54) is 24.3 Å². The fourth-order valence-corrected chi connectivity index (χ4v) is 3.18. The zero-order valence-corrected chi connectivity index (χ0v) is 12.4. The molecule has 1 aliphatic heterocycles. The first-order valence-corrected chi connectivity index (χ1v) is 8.45. The molecule has 1 aromatic rings. The molecular formula is C14H19NO4S. The molecule has 0 spiro atoms. The molecule has 0 radical (unpaired) electrons. The third kappa shape index (κ3) is 2.86. The normalized spacial score (nSPS) is 23.1. The second kappa shape index (κ2) is 5.54. The van der Waals surface area contributed by atoms with Gasteiger partial charge in [-0.1, -0.05) is 6.92 Å². The lowest BCUT2D eigenvalue weighted by Crippen LogP contribution is -2.39. The van der Waals surface area contributed by atoms with Gasteiger partial charge in [0.25, 0.3) is 5.91 Å². The van der Waals surface area contributed by atoms with Crippen LogP contribution in [0, 0.1) is 5.92 Å². The maximum Gasteiger partial charge on any atom is 0.254 e. The summed E-state index contributed by atoms with van der Waals surface area (Å²) >= 11 is 0. The molecule has 2 atom stereocenters. The number of hydrogen-bond donors (Lipinski definition) is 1. The van der Waals surface area contributed by atoms with Gasteiger partial charge in [-0.15, -0.1) is 0 Å². The lowest BCUT2D eigenvalue weighted by Gasteiger charge is -2.25. The highest BCUT2D eigenvalue weighted by Crippen LogP contribution is 2.25. The van der Waals surface area contributed by atoms with Crippen LogP contribution in [0.1, 0.15) is 23.7 Å². The zero-order valence-electron chi connectivity index (χ0n) is 11.6. The predicted octanol–water partition coefficient (Wildman–Crippen LogP) is 0.933. The molecule has 1 amide bonds. The largest absolute Gasteiger partial charge is 0.394 e. The number of carbonyl (C=O) groups is 1. The number of aliphatic hydroxyl groups excluding tert-OH is 1. The van der Waals surface area contributed by atoms with Gasteiger partial charge in [-0.3, -0.25) is 4.79 Å². The van der Waals surface area contributed by atoms with Crippen molar-refractivity contribution in [1.82, 2.24) is 4.90 Å². The second-order valence-electron chi connectivity index (χ2n) is 5.31. The first-order valence-electron chi connectivity index (χ1n) is 6.56. The van der Waals surface area contributed by atoms with Gasteiger partial charge in [-0.25, -0.2) is 8.42 Å². The molecule has 0 saturated carbocycles. The Morgan fingerprint density at radius 2 is 1.95 bits per heavy atom. The van der Waals surface area contributed by atoms with Gasteiger partial charge < -0.3 is 10.0 Å². The van der Waals surface area contributed by atoms with Crippen LogP contribution in [-0.4, -0.2) is 49.8 Å². The van der Waals surface area contributed by atoms with E-state index in [2.05, 4.69) is 0 Å². The van der Waals surface area contributed by atoms with Crippen molar-refractivity contribution in [3.63, 3.8) is 0 Å². The van der Waals surface area contributed by atoms with Crippen molar-refractivity contribution in [2.24, 2.45) is 5.92 Å². The Hall–Kier alpha value is -1.40. The molecule has 6 heteroatoms. The van der Waals surface area contributed by atoms with Gasteiger partial charge in [0.05, 0.1) is 17.5 Å². The third-order valence-electron chi connectivity index (χ3n) is 3.86. The van der Waals surface area contributed by atoms with Crippen LogP contribution in [-0.2, 0) is 9.84 Å². The Labute approximate surface area is 119 Å². The van der Waals surface area contributed by atoms with Gasteiger partial charge in [0.1, 0.15) is 0 Å². The molecule has 1 heterocycles. The zero-order chi connectivity index (χ0) is 14.9. The van der Waals surface area contributed by atoms with E-state index in [-0.39, 0.29) is 29.4 Å². The smallest absolute Gasteiger partial charge is 0.254 e. The number of likely N-dealkylation sites (tertiary alicyclic amines) is 1. The van der Waals surface area contributed by atoms with Gasteiger partial charge in [-0.05, 0) is 36.6 Å². The van der Waals surface area contributed by atoms with E-state index in [9.17, 15) is 18.3 Å². The Kier molecular flexibility index (Phi) is 4.15. The average molecular weight is 297 g/mol. The predicted molar refractivity (Wildman–Crippen MR) is 75.2 cm³/mol. The van der Waals surface area contributed by atoms with Gasteiger partial charge in [-0.2, -0.15) is 0 Å². The summed E-state index contributed by atoms with van der Waals surface area (Å²) in [6.07, 6.45) is 2.01. The standard InChI is InChI=1S/C14H19NO4S/c1-10-7-8-15(13(10)9-16)14(17)11-3-5-12(6-4-11)20(2,18)19/h3-6,10,13,16H,7-9H2,1-2H3. The summed E-state index contributed by atoms with van der Waals surface area (Å²) in [5.74, 6) is 0.118. The highest BCUT2D eigenvalue weighted by Gasteiger charge is 2.34. The van der Waals surface area contributed by atoms with Crippen LogP contribution >= 0.6 is 0 Å². The fourth-order valence-electron chi connectivity index (χ4n) is 2.55. The van der Waals surface area contributed by atoms with Crippen LogP contribution in [0.2, 0.25) is 0 Å². The number of carbonyl (C=O) groups excluding carboxylic acids is 1. The van der Waals surface area contributed by atoms with Gasteiger partial charge in [0, 0.05) is 18.4 Å². The van der Waals surface area contributed by atoms with Gasteiger partial charge >= 0.3 is 0 Å². The van der Waals surface area contributed by atoms with Crippen molar-refractivity contribution in [2.75, 3.05) is 19.4 Å². The Morgan fingerprint density at radius 3 is 2.45 bits per heavy atom. The van der Waals surface area contributed by atoms with Crippen LogP contribution < -0.4 is 0 Å². The minimum atomic E-state index is -3.25. The fraction of sp³-hybridized carbons (Fsp3) is 0.500. The molecule has 0 aromatic heterocycles. The van der Waals surface area contributed by atoms with Crippen molar-refractivity contribution in [2.45, 2.75) is 24.3 Å². The van der Waals surface area contributed by atoms with Gasteiger partial charge in [0.2, 0.25) is 0 Å². The second-order valence-corrected chi connectivity index (χ2v) is 7.33. The summed E-state index contributed by atoms with van der Waals surface area (Å²) in [5.41, 5.74) is 0.449. The quantitative estimate of drug-likeness (QED) is 0.901. The van der Waals surface area contributed by atoms with E-state index in [0.29, 0.717) is 12.1 Å². The van der Waals surface area contributed by atoms with Crippen LogP contribution in [0.3, 0.4) is 0 Å². The van der Waals surface area contributed by atoms with Crippen molar-refractivity contribution >= 4 is 15.7 Å². The lowest BCUT2D eigenvalue weighted by atomic mass is 10.0. The number of nitrogens with zero attached hydrogens (tertiary/aromatic N) is 1. The number of rotatable bonds is 3. The number of sulfone groups is 1. The summed E-state index contributed by atoms with van der Waals surface area (Å²) in [7, 11) is -3.25. The Morgan fingerprint density at radius 1 is 1.35 bits per heavy atom. The molecular weight excluding hydrogens is 278 g/mol. The monoisotopic (exact) mass is 297 g/mol. The van der Waals surface area contributed by atoms with Crippen molar-refractivity contribution < 1.29 is 18.3 Å². The molecule has 5 nitrogen and oxygen atoms in total. The maximum atomic E-state index is 12.4. The first-order chi connectivity index (χ1) is 9.34. The molecule has 1 fully saturated rings. The number of hydrogen-bond acceptors (Lipinski definition) is 4. The number of amides is 1. The summed E-state index contributed by atoms with van der Waals surface area (Å²) in [6.45, 7) is 2.59. The van der Waals surface area contributed by atoms with Crippen molar-refractivity contribution in [1.29, 1.82) is 0 Å². The molecule has 1 aromatic carbocycles. The topological polar surface area (TPSA) is 74.7 Å². The molecule has 1 saturated heterocycles. The van der Waals surface area contributed by atoms with Crippen molar-refractivity contribution in [3.05, 3.63) is 29.8 Å². The molecule has 1 aliphatic rings. The maximum absolute atomic E-state index is 12.4. The molecule has 0 bridgehead atoms. The minimum Gasteiger partial charge on any atom is -0.394 e. The molecule has 20 heavy (non-hydrogen) atoms. The first kappa shape index (κ1) is 15.0. The van der Waals surface area contributed by atoms with Crippen molar-refractivity contribution in [3.8, 4) is 0 Å². The van der Waals surface area contributed by atoms with E-state index < -0.39 is 9.84 Å². The molecule has 0 aliphatic carbocycles. The van der Waals surface area contributed by atoms with E-state index in [4.69, 9.17) is 0 Å². The Bertz CT molecular complexity index is 594. The summed E-state index contributed by atoms with van der Waals surface area (Å²) in [5, 5.41) is 9.38. The average Bonchev–Trinajstić information content (AvgIpc) is 2.78. The summed E-state index contributed by atoms with van der Waals surface area (Å²) < 4.78 is 22.8. The third-order valence-corrected chi connectivity index (χ3v) is 4.99. The van der Waals surface area contributed by atoms with E-state index in [1.807, 2.05) is 6.92 Å². The highest BCUT2D eigenvalue weighted by molar-refractivity contribution is 7.90. The molecule has 1 N–H and O–H groups in total. The van der Waals surface area contributed by atoms with E-state index in [0.717, 1.165) is 12.7 Å². The number of aliphatic hydroxyl groups is 1. The van der Waals surface area contributed by atoms with Crippen LogP contribution in [0.25, 0.3) is 0 Å². The summed E-state index contributed by atoms with van der Waals surface area (Å²) in [6, 6.07) is 5.77. The van der Waals surface area contributed by atoms with Crippen LogP contribution in [0.15, 0.2) is 29.2 Å². The SMILES string of the molecule is CC1CCN(C(=O)c2ccc(S(C)(=O)=O)cc2)C1CO. The molecule has 110 valence electrons. The van der Waals surface area contributed by atoms with Gasteiger partial charge in [0.15, 0.2) is 9.84 Å². The van der Waals surface area contributed by atoms with Crippen LogP contribution in [0.5, 0.6) is 0 Å². The molecule has 2 rings (SSSR count). The summed E-state index contributed by atoms with van der Waals surface area (Å²) in [4.78, 5) is 14.3. The van der Waals surface area contributed by atoms with E-state index in [1.54, 1.807) is 4.90 Å². The lowest BCUT2D eigenvalue weighted by molar-refractivity contribution is 0.0648. The van der Waals surface area contributed by atoms with E-state index >= 15 is 0 Å². The van der Waals surface area contributed by atoms with Crippen LogP contribution in [0.4, 0.5) is 0 Å². The number of benzene rings is 1. The minimum absolute atomic E-state index is 0.0473. The Balaban J connectivity index is 2.22. The molecule has 2 unspecified atom stereocenters.